The molecule has 29 heavy (non-hydrogen) atoms. The molecule has 4 rings (SSSR count). The van der Waals surface area contributed by atoms with Crippen molar-refractivity contribution in [2.75, 3.05) is 39.4 Å². The maximum Gasteiger partial charge on any atom is 0.256 e. The van der Waals surface area contributed by atoms with E-state index in [1.807, 2.05) is 48.9 Å². The van der Waals surface area contributed by atoms with Crippen molar-refractivity contribution in [2.24, 2.45) is 0 Å². The second kappa shape index (κ2) is 8.61. The fraction of sp³-hybridized carbons (Fsp3) is 0.476. The quantitative estimate of drug-likeness (QED) is 0.676. The predicted octanol–water partition coefficient (Wildman–Crippen LogP) is 0.552. The van der Waals surface area contributed by atoms with Gasteiger partial charge >= 0.3 is 0 Å². The summed E-state index contributed by atoms with van der Waals surface area (Å²) < 4.78 is 7.30. The van der Waals surface area contributed by atoms with Gasteiger partial charge in [0.25, 0.3) is 5.91 Å². The Bertz CT molecular complexity index is 892. The Kier molecular flexibility index (Phi) is 5.94. The van der Waals surface area contributed by atoms with E-state index in [0.717, 1.165) is 61.9 Å². The molecule has 8 heteroatoms. The Balaban J connectivity index is 1.46. The summed E-state index contributed by atoms with van der Waals surface area (Å²) >= 11 is 5.49. The predicted molar refractivity (Wildman–Crippen MR) is 114 cm³/mol. The van der Waals surface area contributed by atoms with E-state index in [0.29, 0.717) is 11.7 Å². The van der Waals surface area contributed by atoms with Gasteiger partial charge in [0.2, 0.25) is 0 Å². The van der Waals surface area contributed by atoms with Gasteiger partial charge in [0.05, 0.1) is 31.1 Å². The Morgan fingerprint density at radius 3 is 2.69 bits per heavy atom. The van der Waals surface area contributed by atoms with Crippen LogP contribution < -0.4 is 10.2 Å². The molecule has 7 nitrogen and oxygen atoms in total. The minimum absolute atomic E-state index is 0.0192. The molecule has 1 aromatic carbocycles. The van der Waals surface area contributed by atoms with Gasteiger partial charge in [-0.2, -0.15) is 5.10 Å². The average Bonchev–Trinajstić information content (AvgIpc) is 3.18. The van der Waals surface area contributed by atoms with Crippen LogP contribution in [0.15, 0.2) is 30.3 Å². The van der Waals surface area contributed by atoms with E-state index in [2.05, 4.69) is 10.4 Å². The average molecular weight is 415 g/mol. The van der Waals surface area contributed by atoms with E-state index in [-0.39, 0.29) is 5.91 Å². The van der Waals surface area contributed by atoms with E-state index < -0.39 is 6.04 Å². The smallest absolute Gasteiger partial charge is 0.256 e. The second-order valence-electron chi connectivity index (χ2n) is 7.67. The number of carbonyl (C=O) groups is 1. The normalized spacial score (nSPS) is 20.3. The molecule has 0 aliphatic carbocycles. The zero-order valence-corrected chi connectivity index (χ0v) is 17.8. The number of amides is 1. The summed E-state index contributed by atoms with van der Waals surface area (Å²) in [6.07, 6.45) is 0.927. The molecule has 0 unspecified atom stereocenters. The van der Waals surface area contributed by atoms with Crippen molar-refractivity contribution in [1.82, 2.24) is 20.0 Å². The lowest BCUT2D eigenvalue weighted by atomic mass is 10.0. The monoisotopic (exact) mass is 414 g/mol. The van der Waals surface area contributed by atoms with Crippen molar-refractivity contribution in [3.63, 3.8) is 0 Å². The van der Waals surface area contributed by atoms with Gasteiger partial charge in [0.1, 0.15) is 19.1 Å². The summed E-state index contributed by atoms with van der Waals surface area (Å²) in [5.74, 6) is 0.0192. The van der Waals surface area contributed by atoms with Crippen molar-refractivity contribution < 1.29 is 14.4 Å². The van der Waals surface area contributed by atoms with Crippen LogP contribution >= 0.6 is 12.2 Å². The van der Waals surface area contributed by atoms with Crippen LogP contribution in [-0.4, -0.2) is 65.1 Å². The third kappa shape index (κ3) is 4.05. The number of quaternary nitrogens is 1. The van der Waals surface area contributed by atoms with Gasteiger partial charge in [-0.3, -0.25) is 9.69 Å². The van der Waals surface area contributed by atoms with E-state index in [4.69, 9.17) is 17.0 Å². The molecule has 1 amide bonds. The van der Waals surface area contributed by atoms with Gasteiger partial charge in [-0.05, 0) is 38.2 Å². The van der Waals surface area contributed by atoms with Crippen LogP contribution in [0.5, 0.6) is 0 Å². The highest BCUT2D eigenvalue weighted by molar-refractivity contribution is 7.80. The van der Waals surface area contributed by atoms with E-state index in [1.165, 1.54) is 4.90 Å². The molecular weight excluding hydrogens is 386 g/mol. The number of para-hydroxylation sites is 1. The molecule has 2 aliphatic rings. The number of aryl methyl sites for hydroxylation is 1. The highest BCUT2D eigenvalue weighted by Crippen LogP contribution is 2.29. The highest BCUT2D eigenvalue weighted by Gasteiger charge is 2.39. The molecule has 2 aromatic rings. The minimum atomic E-state index is -0.462. The number of carbonyl (C=O) groups excluding carboxylic acids is 1. The first kappa shape index (κ1) is 20.0. The van der Waals surface area contributed by atoms with Crippen LogP contribution in [0.1, 0.15) is 29.4 Å². The number of thiocarbonyl (C=S) groups is 1. The van der Waals surface area contributed by atoms with E-state index >= 15 is 0 Å². The van der Waals surface area contributed by atoms with Gasteiger partial charge in [-0.1, -0.05) is 18.2 Å². The molecule has 3 heterocycles. The highest BCUT2D eigenvalue weighted by atomic mass is 32.1. The number of rotatable bonds is 6. The summed E-state index contributed by atoms with van der Waals surface area (Å²) in [6.45, 7) is 9.36. The van der Waals surface area contributed by atoms with Crippen LogP contribution in [-0.2, 0) is 9.53 Å². The molecule has 2 aliphatic heterocycles. The summed E-state index contributed by atoms with van der Waals surface area (Å²) in [5.41, 5.74) is 3.71. The van der Waals surface area contributed by atoms with E-state index in [9.17, 15) is 4.79 Å². The number of benzene rings is 1. The molecule has 1 aromatic heterocycles. The fourth-order valence-electron chi connectivity index (χ4n) is 4.22. The van der Waals surface area contributed by atoms with Crippen molar-refractivity contribution in [3.8, 4) is 5.69 Å². The summed E-state index contributed by atoms with van der Waals surface area (Å²) in [6, 6.07) is 9.51. The van der Waals surface area contributed by atoms with E-state index in [1.54, 1.807) is 4.90 Å². The Morgan fingerprint density at radius 2 is 1.97 bits per heavy atom. The number of nitrogens with one attached hydrogen (secondary N) is 2. The third-order valence-corrected chi connectivity index (χ3v) is 6.11. The largest absolute Gasteiger partial charge is 0.370 e. The summed E-state index contributed by atoms with van der Waals surface area (Å²) in [4.78, 5) is 16.4. The zero-order chi connectivity index (χ0) is 20.4. The first-order valence-corrected chi connectivity index (χ1v) is 10.6. The number of hydrogen-bond donors (Lipinski definition) is 2. The Hall–Kier alpha value is -2.29. The van der Waals surface area contributed by atoms with Gasteiger partial charge in [-0.25, -0.2) is 4.68 Å². The molecule has 154 valence electrons. The SMILES string of the molecule is Cc1nn(-c2ccccc2)c(C)c1[C@@H]1NC(=S)N(CCC[NH+]2CCOCC2)C1=O. The molecule has 0 radical (unpaired) electrons. The van der Waals surface area contributed by atoms with Crippen molar-refractivity contribution >= 4 is 23.2 Å². The van der Waals surface area contributed by atoms with Crippen LogP contribution in [0.25, 0.3) is 5.69 Å². The van der Waals surface area contributed by atoms with Gasteiger partial charge in [0.15, 0.2) is 5.11 Å². The number of hydrogen-bond acceptors (Lipinski definition) is 4. The third-order valence-electron chi connectivity index (χ3n) is 5.77. The van der Waals surface area contributed by atoms with Crippen LogP contribution in [0.3, 0.4) is 0 Å². The zero-order valence-electron chi connectivity index (χ0n) is 17.0. The first-order chi connectivity index (χ1) is 14.1. The maximum atomic E-state index is 13.2. The molecule has 0 bridgehead atoms. The topological polar surface area (TPSA) is 63.8 Å². The van der Waals surface area contributed by atoms with Crippen LogP contribution in [0.4, 0.5) is 0 Å². The van der Waals surface area contributed by atoms with Crippen molar-refractivity contribution in [3.05, 3.63) is 47.3 Å². The number of aromatic nitrogens is 2. The number of ether oxygens (including phenoxy) is 1. The van der Waals surface area contributed by atoms with Gasteiger partial charge in [0, 0.05) is 24.2 Å². The molecule has 2 fully saturated rings. The number of nitrogens with zero attached hydrogens (tertiary/aromatic N) is 3. The molecule has 2 saturated heterocycles. The lowest BCUT2D eigenvalue weighted by Crippen LogP contribution is -3.14. The lowest BCUT2D eigenvalue weighted by Gasteiger charge is -2.24. The maximum absolute atomic E-state index is 13.2. The molecular formula is C21H28N5O2S+. The minimum Gasteiger partial charge on any atom is -0.370 e. The first-order valence-electron chi connectivity index (χ1n) is 10.2. The summed E-state index contributed by atoms with van der Waals surface area (Å²) in [7, 11) is 0. The van der Waals surface area contributed by atoms with Crippen LogP contribution in [0, 0.1) is 13.8 Å². The molecule has 0 saturated carbocycles. The summed E-state index contributed by atoms with van der Waals surface area (Å²) in [5, 5.41) is 8.43. The number of morpholine rings is 1. The Morgan fingerprint density at radius 1 is 1.24 bits per heavy atom. The van der Waals surface area contributed by atoms with Gasteiger partial charge < -0.3 is 15.0 Å². The molecule has 0 spiro atoms. The molecule has 1 atom stereocenters. The van der Waals surface area contributed by atoms with Crippen molar-refractivity contribution in [1.29, 1.82) is 0 Å². The molecule has 2 N–H and O–H groups in total. The second-order valence-corrected chi connectivity index (χ2v) is 8.06. The van der Waals surface area contributed by atoms with Gasteiger partial charge in [-0.15, -0.1) is 0 Å². The Labute approximate surface area is 176 Å². The van der Waals surface area contributed by atoms with Crippen LogP contribution in [0.2, 0.25) is 0 Å². The lowest BCUT2D eigenvalue weighted by molar-refractivity contribution is -0.908. The standard InChI is InChI=1S/C21H27N5O2S/c1-15-18(16(2)26(23-15)17-7-4-3-5-8-17)19-20(27)25(21(29)22-19)10-6-9-24-11-13-28-14-12-24/h3-5,7-8,19H,6,9-14H2,1-2H3,(H,22,29)/p+1/t19-/m0/s1. The fourth-order valence-corrected chi connectivity index (χ4v) is 4.52. The van der Waals surface area contributed by atoms with Crippen molar-refractivity contribution in [2.45, 2.75) is 26.3 Å².